The first-order valence-electron chi connectivity index (χ1n) is 6.41. The number of carbonyl (C=O) groups is 3. The van der Waals surface area contributed by atoms with Gasteiger partial charge in [-0.15, -0.1) is 11.3 Å². The highest BCUT2D eigenvalue weighted by Gasteiger charge is 2.49. The molecule has 0 aromatic carbocycles. The highest BCUT2D eigenvalue weighted by molar-refractivity contribution is 7.14. The largest absolute Gasteiger partial charge is 0.380 e. The molecule has 6 nitrogen and oxygen atoms in total. The van der Waals surface area contributed by atoms with E-state index in [2.05, 4.69) is 10.6 Å². The van der Waals surface area contributed by atoms with Crippen LogP contribution in [0.4, 0.5) is 5.00 Å². The number of fused-ring (bicyclic) bond motifs is 1. The number of thiophene rings is 1. The topological polar surface area (TPSA) is 78.5 Å². The number of anilines is 1. The molecule has 3 amide bonds. The first-order chi connectivity index (χ1) is 9.47. The molecule has 2 aliphatic heterocycles. The number of hydrogen-bond donors (Lipinski definition) is 2. The fourth-order valence-corrected chi connectivity index (χ4v) is 3.67. The molecular weight excluding hydrogens is 278 g/mol. The first kappa shape index (κ1) is 13.1. The van der Waals surface area contributed by atoms with Crippen LogP contribution in [0.5, 0.6) is 0 Å². The van der Waals surface area contributed by atoms with Crippen molar-refractivity contribution in [3.05, 3.63) is 16.5 Å². The van der Waals surface area contributed by atoms with Crippen molar-refractivity contribution in [3.63, 3.8) is 0 Å². The molecule has 1 aromatic heterocycles. The molecule has 106 valence electrons. The second-order valence-electron chi connectivity index (χ2n) is 5.25. The summed E-state index contributed by atoms with van der Waals surface area (Å²) in [6.07, 6.45) is 0.629. The minimum atomic E-state index is -0.952. The minimum Gasteiger partial charge on any atom is -0.380 e. The number of nitrogens with zero attached hydrogens (tertiary/aromatic N) is 1. The molecule has 2 aliphatic rings. The number of hydrogen-bond acceptors (Lipinski definition) is 5. The molecule has 3 heterocycles. The predicted octanol–water partition coefficient (Wildman–Crippen LogP) is 0.941. The molecule has 1 atom stereocenters. The highest BCUT2D eigenvalue weighted by Crippen LogP contribution is 2.39. The van der Waals surface area contributed by atoms with Crippen molar-refractivity contribution in [1.82, 2.24) is 10.2 Å². The van der Waals surface area contributed by atoms with E-state index in [9.17, 15) is 14.4 Å². The summed E-state index contributed by atoms with van der Waals surface area (Å²) in [5.74, 6) is -0.795. The number of carbonyl (C=O) groups excluding carboxylic acids is 3. The molecule has 7 heteroatoms. The summed E-state index contributed by atoms with van der Waals surface area (Å²) in [7, 11) is 1.81. The number of rotatable bonds is 2. The van der Waals surface area contributed by atoms with E-state index in [-0.39, 0.29) is 24.1 Å². The summed E-state index contributed by atoms with van der Waals surface area (Å²) in [6.45, 7) is 2.13. The van der Waals surface area contributed by atoms with Gasteiger partial charge in [0.25, 0.3) is 11.8 Å². The Labute approximate surface area is 120 Å². The molecule has 0 saturated carbocycles. The Kier molecular flexibility index (Phi) is 2.82. The van der Waals surface area contributed by atoms with Crippen LogP contribution in [0.2, 0.25) is 0 Å². The van der Waals surface area contributed by atoms with Gasteiger partial charge >= 0.3 is 0 Å². The van der Waals surface area contributed by atoms with E-state index in [1.165, 1.54) is 11.3 Å². The molecule has 0 bridgehead atoms. The van der Waals surface area contributed by atoms with Crippen LogP contribution in [0, 0.1) is 0 Å². The standard InChI is InChI=1S/C13H15N3O3S/c1-13(4-3-9(17)15-12(13)19)16-5-7-8(11(16)18)6-20-10(7)14-2/h6,14H,3-5H2,1-2H3,(H,15,17,19)/t13-/m1/s1. The maximum atomic E-state index is 12.5. The average molecular weight is 293 g/mol. The molecule has 3 rings (SSSR count). The number of imide groups is 1. The fraction of sp³-hybridized carbons (Fsp3) is 0.462. The van der Waals surface area contributed by atoms with Crippen molar-refractivity contribution in [2.75, 3.05) is 12.4 Å². The third-order valence-corrected chi connectivity index (χ3v) is 5.13. The van der Waals surface area contributed by atoms with Crippen molar-refractivity contribution < 1.29 is 14.4 Å². The van der Waals surface area contributed by atoms with Gasteiger partial charge in [-0.25, -0.2) is 0 Å². The number of piperidine rings is 1. The molecule has 0 aliphatic carbocycles. The molecule has 0 unspecified atom stereocenters. The summed E-state index contributed by atoms with van der Waals surface area (Å²) in [6, 6.07) is 0. The van der Waals surface area contributed by atoms with Gasteiger partial charge in [-0.05, 0) is 13.3 Å². The molecule has 1 fully saturated rings. The normalized spacial score (nSPS) is 25.7. The van der Waals surface area contributed by atoms with Gasteiger partial charge in [-0.3, -0.25) is 19.7 Å². The second-order valence-corrected chi connectivity index (χ2v) is 6.13. The molecule has 0 spiro atoms. The van der Waals surface area contributed by atoms with Gasteiger partial charge < -0.3 is 10.2 Å². The van der Waals surface area contributed by atoms with E-state index in [0.29, 0.717) is 18.5 Å². The van der Waals surface area contributed by atoms with E-state index in [0.717, 1.165) is 10.6 Å². The third-order valence-electron chi connectivity index (χ3n) is 4.09. The van der Waals surface area contributed by atoms with Gasteiger partial charge in [0.15, 0.2) is 0 Å². The van der Waals surface area contributed by atoms with Crippen LogP contribution in [-0.4, -0.2) is 35.2 Å². The Morgan fingerprint density at radius 3 is 2.80 bits per heavy atom. The monoisotopic (exact) mass is 293 g/mol. The fourth-order valence-electron chi connectivity index (χ4n) is 2.75. The Bertz CT molecular complexity index is 624. The van der Waals surface area contributed by atoms with Gasteiger partial charge in [-0.1, -0.05) is 0 Å². The number of amides is 3. The molecular formula is C13H15N3O3S. The highest BCUT2D eigenvalue weighted by atomic mass is 32.1. The van der Waals surface area contributed by atoms with Crippen LogP contribution in [0.15, 0.2) is 5.38 Å². The van der Waals surface area contributed by atoms with Gasteiger partial charge in [0.2, 0.25) is 5.91 Å². The quantitative estimate of drug-likeness (QED) is 0.796. The van der Waals surface area contributed by atoms with Crippen LogP contribution in [0.25, 0.3) is 0 Å². The lowest BCUT2D eigenvalue weighted by Gasteiger charge is -2.39. The lowest BCUT2D eigenvalue weighted by Crippen LogP contribution is -2.61. The molecule has 0 radical (unpaired) electrons. The maximum Gasteiger partial charge on any atom is 0.256 e. The van der Waals surface area contributed by atoms with E-state index in [1.54, 1.807) is 11.8 Å². The average Bonchev–Trinajstić information content (AvgIpc) is 2.95. The van der Waals surface area contributed by atoms with Crippen molar-refractivity contribution in [1.29, 1.82) is 0 Å². The summed E-state index contributed by atoms with van der Waals surface area (Å²) in [5.41, 5.74) is 0.644. The first-order valence-corrected chi connectivity index (χ1v) is 7.29. The molecule has 20 heavy (non-hydrogen) atoms. The van der Waals surface area contributed by atoms with E-state index in [1.807, 2.05) is 12.4 Å². The van der Waals surface area contributed by atoms with E-state index < -0.39 is 5.54 Å². The van der Waals surface area contributed by atoms with E-state index in [4.69, 9.17) is 0 Å². The van der Waals surface area contributed by atoms with Gasteiger partial charge in [0.1, 0.15) is 5.54 Å². The molecule has 2 N–H and O–H groups in total. The third kappa shape index (κ3) is 1.66. The predicted molar refractivity (Wildman–Crippen MR) is 74.5 cm³/mol. The Morgan fingerprint density at radius 2 is 2.15 bits per heavy atom. The van der Waals surface area contributed by atoms with Crippen LogP contribution >= 0.6 is 11.3 Å². The summed E-state index contributed by atoms with van der Waals surface area (Å²) in [4.78, 5) is 37.5. The SMILES string of the molecule is CNc1scc2c1CN([C@]1(C)CCC(=O)NC1=O)C2=O. The van der Waals surface area contributed by atoms with Gasteiger partial charge in [-0.2, -0.15) is 0 Å². The maximum absolute atomic E-state index is 12.5. The van der Waals surface area contributed by atoms with Crippen LogP contribution in [0.3, 0.4) is 0 Å². The van der Waals surface area contributed by atoms with Crippen LogP contribution in [0.1, 0.15) is 35.7 Å². The zero-order valence-electron chi connectivity index (χ0n) is 11.3. The minimum absolute atomic E-state index is 0.134. The lowest BCUT2D eigenvalue weighted by atomic mass is 9.89. The van der Waals surface area contributed by atoms with E-state index >= 15 is 0 Å². The van der Waals surface area contributed by atoms with Crippen molar-refractivity contribution in [2.24, 2.45) is 0 Å². The Balaban J connectivity index is 1.93. The second kappa shape index (κ2) is 4.31. The zero-order valence-corrected chi connectivity index (χ0v) is 12.1. The summed E-state index contributed by atoms with van der Waals surface area (Å²) in [5, 5.41) is 8.17. The Morgan fingerprint density at radius 1 is 1.40 bits per heavy atom. The zero-order chi connectivity index (χ0) is 14.5. The van der Waals surface area contributed by atoms with Crippen LogP contribution < -0.4 is 10.6 Å². The number of nitrogens with one attached hydrogen (secondary N) is 2. The van der Waals surface area contributed by atoms with Gasteiger partial charge in [0, 0.05) is 24.4 Å². The molecule has 1 saturated heterocycles. The summed E-state index contributed by atoms with van der Waals surface area (Å²) >= 11 is 1.49. The smallest absolute Gasteiger partial charge is 0.256 e. The van der Waals surface area contributed by atoms with Gasteiger partial charge in [0.05, 0.1) is 17.1 Å². The van der Waals surface area contributed by atoms with Crippen molar-refractivity contribution in [2.45, 2.75) is 31.8 Å². The summed E-state index contributed by atoms with van der Waals surface area (Å²) < 4.78 is 0. The van der Waals surface area contributed by atoms with Crippen molar-refractivity contribution in [3.8, 4) is 0 Å². The van der Waals surface area contributed by atoms with Crippen LogP contribution in [-0.2, 0) is 16.1 Å². The molecule has 1 aromatic rings. The Hall–Kier alpha value is -1.89. The van der Waals surface area contributed by atoms with Crippen molar-refractivity contribution >= 4 is 34.1 Å². The lowest BCUT2D eigenvalue weighted by molar-refractivity contribution is -0.142.